The fourth-order valence-corrected chi connectivity index (χ4v) is 4.33. The number of aliphatic hydroxyl groups excluding tert-OH is 1. The number of nitrogens with zero attached hydrogens (tertiary/aromatic N) is 1. The highest BCUT2D eigenvalue weighted by molar-refractivity contribution is 6.20. The SMILES string of the molecule is Cc1ccc2c(c1)C(c1ccccc1)C(=O)N2C(=O)OC1C=Cc2ccccc2C1O. The highest BCUT2D eigenvalue weighted by Crippen LogP contribution is 2.42. The van der Waals surface area contributed by atoms with Crippen molar-refractivity contribution in [3.05, 3.63) is 107 Å². The van der Waals surface area contributed by atoms with E-state index in [-0.39, 0.29) is 5.91 Å². The van der Waals surface area contributed by atoms with Gasteiger partial charge in [0.05, 0.1) is 11.6 Å². The summed E-state index contributed by atoms with van der Waals surface area (Å²) >= 11 is 0. The summed E-state index contributed by atoms with van der Waals surface area (Å²) in [5.74, 6) is -0.928. The summed E-state index contributed by atoms with van der Waals surface area (Å²) in [5.41, 5.74) is 4.69. The Labute approximate surface area is 180 Å². The van der Waals surface area contributed by atoms with Gasteiger partial charge in [-0.3, -0.25) is 4.79 Å². The molecule has 0 saturated carbocycles. The number of carbonyl (C=O) groups is 2. The molecule has 31 heavy (non-hydrogen) atoms. The summed E-state index contributed by atoms with van der Waals surface area (Å²) < 4.78 is 5.62. The molecule has 5 heteroatoms. The van der Waals surface area contributed by atoms with Crippen molar-refractivity contribution in [2.75, 3.05) is 4.90 Å². The molecule has 3 aromatic carbocycles. The van der Waals surface area contributed by atoms with Gasteiger partial charge in [-0.25, -0.2) is 9.69 Å². The minimum atomic E-state index is -0.995. The van der Waals surface area contributed by atoms with Gasteiger partial charge in [0.1, 0.15) is 6.10 Å². The molecule has 0 fully saturated rings. The lowest BCUT2D eigenvalue weighted by atomic mass is 9.92. The fraction of sp³-hybridized carbons (Fsp3) is 0.154. The number of rotatable bonds is 2. The van der Waals surface area contributed by atoms with Crippen LogP contribution in [0.25, 0.3) is 6.08 Å². The Bertz CT molecular complexity index is 1200. The normalized spacial score (nSPS) is 21.5. The average molecular weight is 411 g/mol. The second-order valence-electron chi connectivity index (χ2n) is 7.86. The minimum Gasteiger partial charge on any atom is -0.438 e. The van der Waals surface area contributed by atoms with Crippen LogP contribution in [0, 0.1) is 6.92 Å². The Morgan fingerprint density at radius 2 is 1.71 bits per heavy atom. The van der Waals surface area contributed by atoms with Crippen molar-refractivity contribution >= 4 is 23.8 Å². The molecule has 1 N–H and O–H groups in total. The van der Waals surface area contributed by atoms with Crippen molar-refractivity contribution in [1.29, 1.82) is 0 Å². The van der Waals surface area contributed by atoms with E-state index in [1.165, 1.54) is 0 Å². The van der Waals surface area contributed by atoms with Crippen LogP contribution in [-0.2, 0) is 9.53 Å². The van der Waals surface area contributed by atoms with E-state index in [0.717, 1.165) is 27.2 Å². The molecule has 5 nitrogen and oxygen atoms in total. The number of amides is 2. The topological polar surface area (TPSA) is 66.8 Å². The van der Waals surface area contributed by atoms with Crippen LogP contribution in [0.15, 0.2) is 78.9 Å². The molecule has 2 amide bonds. The summed E-state index contributed by atoms with van der Waals surface area (Å²) in [5, 5.41) is 10.7. The number of anilines is 1. The second-order valence-corrected chi connectivity index (χ2v) is 7.86. The number of benzene rings is 3. The number of aliphatic hydroxyl groups is 1. The van der Waals surface area contributed by atoms with Gasteiger partial charge in [-0.1, -0.05) is 78.4 Å². The van der Waals surface area contributed by atoms with E-state index >= 15 is 0 Å². The van der Waals surface area contributed by atoms with E-state index in [9.17, 15) is 14.7 Å². The Morgan fingerprint density at radius 3 is 2.52 bits per heavy atom. The molecule has 3 aromatic rings. The first-order chi connectivity index (χ1) is 15.0. The van der Waals surface area contributed by atoms with Crippen LogP contribution in [-0.4, -0.2) is 23.2 Å². The quantitative estimate of drug-likeness (QED) is 0.662. The number of aryl methyl sites for hydroxylation is 1. The molecule has 0 spiro atoms. The highest BCUT2D eigenvalue weighted by Gasteiger charge is 2.43. The molecule has 0 saturated heterocycles. The maximum Gasteiger partial charge on any atom is 0.421 e. The highest BCUT2D eigenvalue weighted by atomic mass is 16.6. The smallest absolute Gasteiger partial charge is 0.421 e. The van der Waals surface area contributed by atoms with Gasteiger partial charge < -0.3 is 9.84 Å². The van der Waals surface area contributed by atoms with Gasteiger partial charge in [0.25, 0.3) is 0 Å². The Kier molecular flexibility index (Phi) is 4.68. The predicted molar refractivity (Wildman–Crippen MR) is 118 cm³/mol. The van der Waals surface area contributed by atoms with Gasteiger partial charge in [-0.15, -0.1) is 0 Å². The molecule has 1 aliphatic heterocycles. The first-order valence-corrected chi connectivity index (χ1v) is 10.2. The maximum absolute atomic E-state index is 13.4. The summed E-state index contributed by atoms with van der Waals surface area (Å²) in [4.78, 5) is 27.6. The van der Waals surface area contributed by atoms with Crippen LogP contribution in [0.1, 0.15) is 39.8 Å². The number of fused-ring (bicyclic) bond motifs is 2. The first-order valence-electron chi connectivity index (χ1n) is 10.2. The third-order valence-electron chi connectivity index (χ3n) is 5.85. The van der Waals surface area contributed by atoms with E-state index in [1.807, 2.05) is 73.7 Å². The largest absolute Gasteiger partial charge is 0.438 e. The van der Waals surface area contributed by atoms with Gasteiger partial charge in [0.15, 0.2) is 6.10 Å². The number of imide groups is 1. The Hall–Kier alpha value is -3.70. The van der Waals surface area contributed by atoms with Gasteiger partial charge in [0.2, 0.25) is 5.91 Å². The second kappa shape index (κ2) is 7.52. The van der Waals surface area contributed by atoms with E-state index in [1.54, 1.807) is 18.2 Å². The van der Waals surface area contributed by atoms with Crippen molar-refractivity contribution in [2.45, 2.75) is 25.0 Å². The first kappa shape index (κ1) is 19.3. The van der Waals surface area contributed by atoms with E-state index in [0.29, 0.717) is 11.3 Å². The molecule has 0 radical (unpaired) electrons. The molecule has 2 aliphatic rings. The van der Waals surface area contributed by atoms with Gasteiger partial charge >= 0.3 is 6.09 Å². The van der Waals surface area contributed by atoms with E-state index in [4.69, 9.17) is 4.74 Å². The molecule has 5 rings (SSSR count). The number of hydrogen-bond donors (Lipinski definition) is 1. The van der Waals surface area contributed by atoms with E-state index in [2.05, 4.69) is 0 Å². The molecule has 0 bridgehead atoms. The lowest BCUT2D eigenvalue weighted by Gasteiger charge is -2.27. The summed E-state index contributed by atoms with van der Waals surface area (Å²) in [7, 11) is 0. The summed E-state index contributed by atoms with van der Waals surface area (Å²) in [6.07, 6.45) is 0.804. The van der Waals surface area contributed by atoms with Crippen molar-refractivity contribution in [1.82, 2.24) is 0 Å². The number of ether oxygens (including phenoxy) is 1. The van der Waals surface area contributed by atoms with Crippen LogP contribution < -0.4 is 4.90 Å². The van der Waals surface area contributed by atoms with Crippen LogP contribution in [0.4, 0.5) is 10.5 Å². The van der Waals surface area contributed by atoms with Crippen molar-refractivity contribution in [2.24, 2.45) is 0 Å². The Balaban J connectivity index is 1.47. The number of carbonyl (C=O) groups excluding carboxylic acids is 2. The maximum atomic E-state index is 13.4. The standard InChI is InChI=1S/C26H21NO4/c1-16-11-13-21-20(15-16)23(18-8-3-2-4-9-18)25(29)27(21)26(30)31-22-14-12-17-7-5-6-10-19(17)24(22)28/h2-15,22-24,28H,1H3. The fourth-order valence-electron chi connectivity index (χ4n) is 4.33. The zero-order valence-electron chi connectivity index (χ0n) is 16.9. The Morgan fingerprint density at radius 1 is 0.968 bits per heavy atom. The van der Waals surface area contributed by atoms with Crippen LogP contribution in [0.2, 0.25) is 0 Å². The number of hydrogen-bond acceptors (Lipinski definition) is 4. The van der Waals surface area contributed by atoms with Crippen LogP contribution >= 0.6 is 0 Å². The van der Waals surface area contributed by atoms with Crippen LogP contribution in [0.5, 0.6) is 0 Å². The zero-order chi connectivity index (χ0) is 21.5. The van der Waals surface area contributed by atoms with Crippen LogP contribution in [0.3, 0.4) is 0 Å². The third-order valence-corrected chi connectivity index (χ3v) is 5.85. The van der Waals surface area contributed by atoms with E-state index < -0.39 is 24.2 Å². The summed E-state index contributed by atoms with van der Waals surface area (Å²) in [6.45, 7) is 1.95. The molecular weight excluding hydrogens is 390 g/mol. The molecular formula is C26H21NO4. The lowest BCUT2D eigenvalue weighted by Crippen LogP contribution is -2.39. The van der Waals surface area contributed by atoms with Crippen molar-refractivity contribution in [3.8, 4) is 0 Å². The average Bonchev–Trinajstić information content (AvgIpc) is 3.07. The van der Waals surface area contributed by atoms with Gasteiger partial charge in [-0.05, 0) is 41.3 Å². The molecule has 1 heterocycles. The van der Waals surface area contributed by atoms with Crippen molar-refractivity contribution < 1.29 is 19.4 Å². The minimum absolute atomic E-state index is 0.355. The van der Waals surface area contributed by atoms with Crippen molar-refractivity contribution in [3.63, 3.8) is 0 Å². The molecule has 0 aromatic heterocycles. The molecule has 3 unspecified atom stereocenters. The zero-order valence-corrected chi connectivity index (χ0v) is 16.9. The molecule has 154 valence electrons. The third kappa shape index (κ3) is 3.23. The monoisotopic (exact) mass is 411 g/mol. The van der Waals surface area contributed by atoms with Gasteiger partial charge in [-0.2, -0.15) is 0 Å². The predicted octanol–water partition coefficient (Wildman–Crippen LogP) is 4.74. The van der Waals surface area contributed by atoms with Gasteiger partial charge in [0, 0.05) is 0 Å². The molecule has 3 atom stereocenters. The lowest BCUT2D eigenvalue weighted by molar-refractivity contribution is -0.118. The molecule has 1 aliphatic carbocycles. The summed E-state index contributed by atoms with van der Waals surface area (Å²) in [6, 6.07) is 22.4.